The topological polar surface area (TPSA) is 49.7 Å². The van der Waals surface area contributed by atoms with Gasteiger partial charge in [0.25, 0.3) is 0 Å². The summed E-state index contributed by atoms with van der Waals surface area (Å²) in [5, 5.41) is 18.8. The predicted octanol–water partition coefficient (Wildman–Crippen LogP) is 6.65. The van der Waals surface area contributed by atoms with Crippen molar-refractivity contribution in [2.75, 3.05) is 26.4 Å². The first-order valence-electron chi connectivity index (χ1n) is 12.0. The van der Waals surface area contributed by atoms with E-state index < -0.39 is 5.41 Å². The van der Waals surface area contributed by atoms with Crippen LogP contribution in [0.3, 0.4) is 0 Å². The Morgan fingerprint density at radius 2 is 0.926 bits per heavy atom. The van der Waals surface area contributed by atoms with E-state index in [1.165, 1.54) is 96.3 Å². The third-order valence-electron chi connectivity index (χ3n) is 5.97. The van der Waals surface area contributed by atoms with Crippen molar-refractivity contribution in [3.05, 3.63) is 0 Å². The van der Waals surface area contributed by atoms with E-state index in [0.717, 1.165) is 19.4 Å². The van der Waals surface area contributed by atoms with Gasteiger partial charge in [-0.05, 0) is 12.8 Å². The van der Waals surface area contributed by atoms with Gasteiger partial charge in [-0.25, -0.2) is 0 Å². The first kappa shape index (κ1) is 26.9. The molecule has 0 bridgehead atoms. The molecule has 0 aliphatic rings. The maximum absolute atomic E-state index is 9.38. The summed E-state index contributed by atoms with van der Waals surface area (Å²) < 4.78 is 5.67. The molecule has 0 fully saturated rings. The van der Waals surface area contributed by atoms with Crippen LogP contribution in [0.5, 0.6) is 0 Å². The van der Waals surface area contributed by atoms with E-state index >= 15 is 0 Å². The lowest BCUT2D eigenvalue weighted by atomic mass is 9.88. The Kier molecular flexibility index (Phi) is 20.5. The van der Waals surface area contributed by atoms with Crippen LogP contribution < -0.4 is 0 Å². The molecule has 3 heteroatoms. The van der Waals surface area contributed by atoms with Crippen LogP contribution in [-0.4, -0.2) is 36.6 Å². The molecule has 164 valence electrons. The Bertz CT molecular complexity index is 269. The SMILES string of the molecule is CCCCCCCCCCCCCCCCCCOCC(CC)(CO)CO. The summed E-state index contributed by atoms with van der Waals surface area (Å²) in [5.41, 5.74) is -0.449. The van der Waals surface area contributed by atoms with Gasteiger partial charge in [0.2, 0.25) is 0 Å². The molecule has 0 radical (unpaired) electrons. The Hall–Kier alpha value is -0.120. The van der Waals surface area contributed by atoms with Crippen molar-refractivity contribution in [3.63, 3.8) is 0 Å². The molecule has 27 heavy (non-hydrogen) atoms. The van der Waals surface area contributed by atoms with Crippen LogP contribution in [0.15, 0.2) is 0 Å². The van der Waals surface area contributed by atoms with Crippen LogP contribution in [0, 0.1) is 5.41 Å². The van der Waals surface area contributed by atoms with Gasteiger partial charge in [0.15, 0.2) is 0 Å². The van der Waals surface area contributed by atoms with Crippen LogP contribution in [0.25, 0.3) is 0 Å². The van der Waals surface area contributed by atoms with E-state index in [-0.39, 0.29) is 13.2 Å². The molecule has 0 aromatic carbocycles. The predicted molar refractivity (Wildman–Crippen MR) is 117 cm³/mol. The van der Waals surface area contributed by atoms with Crippen molar-refractivity contribution in [2.24, 2.45) is 5.41 Å². The second kappa shape index (κ2) is 20.6. The van der Waals surface area contributed by atoms with E-state index in [4.69, 9.17) is 4.74 Å². The fourth-order valence-corrected chi connectivity index (χ4v) is 3.51. The first-order valence-corrected chi connectivity index (χ1v) is 12.0. The highest BCUT2D eigenvalue weighted by molar-refractivity contribution is 4.75. The van der Waals surface area contributed by atoms with Gasteiger partial charge in [-0.2, -0.15) is 0 Å². The lowest BCUT2D eigenvalue weighted by Gasteiger charge is -2.27. The van der Waals surface area contributed by atoms with Gasteiger partial charge in [0.05, 0.1) is 19.8 Å². The fourth-order valence-electron chi connectivity index (χ4n) is 3.51. The number of rotatable bonds is 22. The highest BCUT2D eigenvalue weighted by Crippen LogP contribution is 2.21. The van der Waals surface area contributed by atoms with Crippen molar-refractivity contribution < 1.29 is 14.9 Å². The highest BCUT2D eigenvalue weighted by Gasteiger charge is 2.26. The maximum atomic E-state index is 9.38. The average molecular weight is 387 g/mol. The number of unbranched alkanes of at least 4 members (excludes halogenated alkanes) is 15. The summed E-state index contributed by atoms with van der Waals surface area (Å²) in [7, 11) is 0. The van der Waals surface area contributed by atoms with Crippen LogP contribution in [0.2, 0.25) is 0 Å². The van der Waals surface area contributed by atoms with Crippen molar-refractivity contribution in [3.8, 4) is 0 Å². The first-order chi connectivity index (χ1) is 13.2. The lowest BCUT2D eigenvalue weighted by molar-refractivity contribution is -0.0306. The van der Waals surface area contributed by atoms with Crippen LogP contribution in [-0.2, 0) is 4.74 Å². The summed E-state index contributed by atoms with van der Waals surface area (Å²) in [6.45, 7) is 5.49. The summed E-state index contributed by atoms with van der Waals surface area (Å²) in [5.74, 6) is 0. The van der Waals surface area contributed by atoms with Crippen LogP contribution in [0.1, 0.15) is 123 Å². The molecule has 0 aliphatic heterocycles. The van der Waals surface area contributed by atoms with Gasteiger partial charge in [0.1, 0.15) is 0 Å². The summed E-state index contributed by atoms with van der Waals surface area (Å²) in [6, 6.07) is 0. The van der Waals surface area contributed by atoms with E-state index in [1.54, 1.807) is 0 Å². The maximum Gasteiger partial charge on any atom is 0.0566 e. The van der Waals surface area contributed by atoms with Gasteiger partial charge < -0.3 is 14.9 Å². The summed E-state index contributed by atoms with van der Waals surface area (Å²) in [6.07, 6.45) is 22.8. The Morgan fingerprint density at radius 1 is 0.556 bits per heavy atom. The van der Waals surface area contributed by atoms with Gasteiger partial charge in [-0.1, -0.05) is 110 Å². The molecule has 0 heterocycles. The third-order valence-corrected chi connectivity index (χ3v) is 5.97. The van der Waals surface area contributed by atoms with Gasteiger partial charge in [-0.3, -0.25) is 0 Å². The minimum atomic E-state index is -0.449. The van der Waals surface area contributed by atoms with E-state index in [0.29, 0.717) is 6.61 Å². The molecule has 0 aliphatic carbocycles. The van der Waals surface area contributed by atoms with Crippen molar-refractivity contribution in [1.82, 2.24) is 0 Å². The molecule has 0 atom stereocenters. The quantitative estimate of drug-likeness (QED) is 0.205. The molecule has 0 saturated heterocycles. The zero-order valence-corrected chi connectivity index (χ0v) is 18.7. The van der Waals surface area contributed by atoms with E-state index in [9.17, 15) is 10.2 Å². The molecular formula is C24H50O3. The van der Waals surface area contributed by atoms with Crippen molar-refractivity contribution >= 4 is 0 Å². The number of aliphatic hydroxyl groups excluding tert-OH is 2. The van der Waals surface area contributed by atoms with Gasteiger partial charge in [0, 0.05) is 12.0 Å². The zero-order valence-electron chi connectivity index (χ0n) is 18.7. The zero-order chi connectivity index (χ0) is 20.1. The molecule has 0 unspecified atom stereocenters. The molecule has 0 aromatic heterocycles. The largest absolute Gasteiger partial charge is 0.396 e. The summed E-state index contributed by atoms with van der Waals surface area (Å²) >= 11 is 0. The third kappa shape index (κ3) is 16.5. The second-order valence-electron chi connectivity index (χ2n) is 8.53. The summed E-state index contributed by atoms with van der Waals surface area (Å²) in [4.78, 5) is 0. The fraction of sp³-hybridized carbons (Fsp3) is 1.00. The Morgan fingerprint density at radius 3 is 1.26 bits per heavy atom. The number of hydrogen-bond donors (Lipinski definition) is 2. The second-order valence-corrected chi connectivity index (χ2v) is 8.53. The molecule has 0 rings (SSSR count). The number of hydrogen-bond acceptors (Lipinski definition) is 3. The average Bonchev–Trinajstić information content (AvgIpc) is 2.70. The molecular weight excluding hydrogens is 336 g/mol. The molecule has 0 saturated carbocycles. The Balaban J connectivity index is 3.19. The van der Waals surface area contributed by atoms with E-state index in [2.05, 4.69) is 6.92 Å². The minimum absolute atomic E-state index is 0.00103. The highest BCUT2D eigenvalue weighted by atomic mass is 16.5. The molecule has 3 nitrogen and oxygen atoms in total. The van der Waals surface area contributed by atoms with E-state index in [1.807, 2.05) is 6.92 Å². The normalized spacial score (nSPS) is 12.0. The molecule has 0 amide bonds. The van der Waals surface area contributed by atoms with Gasteiger partial charge in [-0.15, -0.1) is 0 Å². The van der Waals surface area contributed by atoms with Crippen molar-refractivity contribution in [2.45, 2.75) is 123 Å². The van der Waals surface area contributed by atoms with Gasteiger partial charge >= 0.3 is 0 Å². The number of ether oxygens (including phenoxy) is 1. The minimum Gasteiger partial charge on any atom is -0.396 e. The van der Waals surface area contributed by atoms with Crippen LogP contribution in [0.4, 0.5) is 0 Å². The van der Waals surface area contributed by atoms with Crippen LogP contribution >= 0.6 is 0 Å². The monoisotopic (exact) mass is 386 g/mol. The standard InChI is InChI=1S/C24H50O3/c1-3-5-6-7-8-9-10-11-12-13-14-15-16-17-18-19-20-27-23-24(4-2,21-25)22-26/h25-26H,3-23H2,1-2H3. The molecule has 2 N–H and O–H groups in total. The molecule has 0 spiro atoms. The van der Waals surface area contributed by atoms with Crippen molar-refractivity contribution in [1.29, 1.82) is 0 Å². The number of aliphatic hydroxyl groups is 2. The smallest absolute Gasteiger partial charge is 0.0566 e. The Labute approximate surface area is 170 Å². The lowest BCUT2D eigenvalue weighted by Crippen LogP contribution is -2.34. The molecule has 0 aromatic rings.